The third-order valence-corrected chi connectivity index (χ3v) is 4.15. The average molecular weight is 259 g/mol. The molecule has 2 N–H and O–H groups in total. The van der Waals surface area contributed by atoms with E-state index in [2.05, 4.69) is 10.3 Å². The number of hydrogen-bond acceptors (Lipinski definition) is 2. The molecule has 0 aromatic carbocycles. The Morgan fingerprint density at radius 3 is 3.05 bits per heavy atom. The van der Waals surface area contributed by atoms with Crippen LogP contribution in [0.3, 0.4) is 0 Å². The molecular formula is C15H21N3O. The van der Waals surface area contributed by atoms with Gasteiger partial charge in [0.2, 0.25) is 0 Å². The molecule has 4 nitrogen and oxygen atoms in total. The van der Waals surface area contributed by atoms with Crippen LogP contribution >= 0.6 is 0 Å². The van der Waals surface area contributed by atoms with E-state index in [9.17, 15) is 4.79 Å². The highest BCUT2D eigenvalue weighted by Gasteiger charge is 2.23. The lowest BCUT2D eigenvalue weighted by Crippen LogP contribution is -2.31. The highest BCUT2D eigenvalue weighted by atomic mass is 16.1. The number of carbonyl (C=O) groups is 1. The van der Waals surface area contributed by atoms with E-state index in [4.69, 9.17) is 0 Å². The van der Waals surface area contributed by atoms with E-state index in [1.54, 1.807) is 0 Å². The van der Waals surface area contributed by atoms with Crippen molar-refractivity contribution in [1.82, 2.24) is 15.2 Å². The van der Waals surface area contributed by atoms with Gasteiger partial charge in [0.15, 0.2) is 0 Å². The fourth-order valence-electron chi connectivity index (χ4n) is 3.10. The van der Waals surface area contributed by atoms with E-state index in [0.29, 0.717) is 5.92 Å². The summed E-state index contributed by atoms with van der Waals surface area (Å²) in [7, 11) is 1.99. The highest BCUT2D eigenvalue weighted by Crippen LogP contribution is 2.26. The fraction of sp³-hybridized carbons (Fsp3) is 0.533. The second-order valence-corrected chi connectivity index (χ2v) is 5.69. The van der Waals surface area contributed by atoms with Crippen molar-refractivity contribution < 1.29 is 4.79 Å². The first-order valence-corrected chi connectivity index (χ1v) is 7.11. The summed E-state index contributed by atoms with van der Waals surface area (Å²) in [5, 5.41) is 3.10. The topological polar surface area (TPSA) is 48.1 Å². The van der Waals surface area contributed by atoms with Crippen molar-refractivity contribution in [2.45, 2.75) is 32.2 Å². The Bertz CT molecular complexity index is 497. The lowest BCUT2D eigenvalue weighted by atomic mass is 10.0. The van der Waals surface area contributed by atoms with Crippen molar-refractivity contribution >= 4 is 11.5 Å². The van der Waals surface area contributed by atoms with Crippen LogP contribution in [0.25, 0.3) is 5.57 Å². The van der Waals surface area contributed by atoms with Crippen molar-refractivity contribution in [2.24, 2.45) is 5.92 Å². The van der Waals surface area contributed by atoms with Crippen LogP contribution in [-0.2, 0) is 11.3 Å². The molecule has 1 aromatic rings. The van der Waals surface area contributed by atoms with E-state index in [-0.39, 0.29) is 5.91 Å². The maximum Gasteiger partial charge on any atom is 0.253 e. The molecule has 2 aliphatic rings. The van der Waals surface area contributed by atoms with E-state index in [0.717, 1.165) is 29.9 Å². The Balaban J connectivity index is 1.68. The zero-order chi connectivity index (χ0) is 13.2. The van der Waals surface area contributed by atoms with E-state index in [1.165, 1.54) is 25.7 Å². The molecule has 0 atom stereocenters. The number of nitrogens with one attached hydrogen (secondary N) is 2. The predicted molar refractivity (Wildman–Crippen MR) is 75.2 cm³/mol. The second-order valence-electron chi connectivity index (χ2n) is 5.69. The average Bonchev–Trinajstić information content (AvgIpc) is 3.05. The minimum atomic E-state index is 0.0549. The van der Waals surface area contributed by atoms with Gasteiger partial charge in [-0.25, -0.2) is 0 Å². The van der Waals surface area contributed by atoms with Gasteiger partial charge in [0.1, 0.15) is 0 Å². The normalized spacial score (nSPS) is 19.2. The molecular weight excluding hydrogens is 238 g/mol. The molecule has 1 saturated carbocycles. The maximum atomic E-state index is 12.3. The summed E-state index contributed by atoms with van der Waals surface area (Å²) in [4.78, 5) is 17.6. The molecule has 102 valence electrons. The van der Waals surface area contributed by atoms with Gasteiger partial charge in [-0.15, -0.1) is 0 Å². The lowest BCUT2D eigenvalue weighted by molar-refractivity contribution is -0.115. The smallest absolute Gasteiger partial charge is 0.253 e. The molecule has 0 bridgehead atoms. The number of nitrogens with zero attached hydrogens (tertiary/aromatic N) is 1. The van der Waals surface area contributed by atoms with Crippen LogP contribution in [0.4, 0.5) is 0 Å². The summed E-state index contributed by atoms with van der Waals surface area (Å²) in [6, 6.07) is 1.99. The van der Waals surface area contributed by atoms with Gasteiger partial charge < -0.3 is 15.2 Å². The fourth-order valence-corrected chi connectivity index (χ4v) is 3.10. The number of aromatic nitrogens is 1. The molecule has 1 aromatic heterocycles. The largest absolute Gasteiger partial charge is 0.374 e. The summed E-state index contributed by atoms with van der Waals surface area (Å²) >= 11 is 0. The van der Waals surface area contributed by atoms with Gasteiger partial charge in [0.25, 0.3) is 5.91 Å². The van der Waals surface area contributed by atoms with Crippen molar-refractivity contribution in [3.63, 3.8) is 0 Å². The molecule has 19 heavy (non-hydrogen) atoms. The third kappa shape index (κ3) is 2.53. The molecule has 0 saturated heterocycles. The molecule has 1 amide bonds. The Morgan fingerprint density at radius 1 is 1.47 bits per heavy atom. The quantitative estimate of drug-likeness (QED) is 0.873. The minimum absolute atomic E-state index is 0.0549. The van der Waals surface area contributed by atoms with E-state index in [1.807, 2.05) is 30.4 Å². The standard InChI is InChI=1S/C15H21N3O/c1-18-9-13(12-6-7-16-14(12)10-18)15(19)17-8-11-4-2-3-5-11/h6-7,9,11,16H,2-5,8,10H2,1H3,(H,17,19). The summed E-state index contributed by atoms with van der Waals surface area (Å²) in [6.07, 6.45) is 8.99. The van der Waals surface area contributed by atoms with Gasteiger partial charge in [0, 0.05) is 37.2 Å². The van der Waals surface area contributed by atoms with E-state index >= 15 is 0 Å². The van der Waals surface area contributed by atoms with Gasteiger partial charge >= 0.3 is 0 Å². The van der Waals surface area contributed by atoms with Crippen molar-refractivity contribution in [1.29, 1.82) is 0 Å². The molecule has 1 aliphatic heterocycles. The molecule has 4 heteroatoms. The monoisotopic (exact) mass is 259 g/mol. The van der Waals surface area contributed by atoms with Crippen molar-refractivity contribution in [3.8, 4) is 0 Å². The first-order valence-electron chi connectivity index (χ1n) is 7.11. The van der Waals surface area contributed by atoms with Crippen molar-refractivity contribution in [2.75, 3.05) is 13.6 Å². The summed E-state index contributed by atoms with van der Waals surface area (Å²) in [5.74, 6) is 0.732. The van der Waals surface area contributed by atoms with Crippen LogP contribution in [0.2, 0.25) is 0 Å². The van der Waals surface area contributed by atoms with Crippen LogP contribution in [-0.4, -0.2) is 29.4 Å². The SMILES string of the molecule is CN1C=C(C(=O)NCC2CCCC2)c2cc[nH]c2C1. The Hall–Kier alpha value is -1.71. The molecule has 0 spiro atoms. The number of fused-ring (bicyclic) bond motifs is 1. The van der Waals surface area contributed by atoms with Gasteiger partial charge in [0.05, 0.1) is 12.1 Å². The van der Waals surface area contributed by atoms with Crippen LogP contribution in [0, 0.1) is 5.92 Å². The Labute approximate surface area is 113 Å². The summed E-state index contributed by atoms with van der Waals surface area (Å²) < 4.78 is 0. The number of aromatic amines is 1. The molecule has 1 fully saturated rings. The molecule has 0 radical (unpaired) electrons. The summed E-state index contributed by atoms with van der Waals surface area (Å²) in [6.45, 7) is 1.65. The van der Waals surface area contributed by atoms with Gasteiger partial charge in [-0.2, -0.15) is 0 Å². The molecule has 3 rings (SSSR count). The number of rotatable bonds is 3. The predicted octanol–water partition coefficient (Wildman–Crippen LogP) is 2.11. The van der Waals surface area contributed by atoms with Crippen LogP contribution in [0.15, 0.2) is 18.5 Å². The van der Waals surface area contributed by atoms with Gasteiger partial charge in [-0.3, -0.25) is 4.79 Å². The number of carbonyl (C=O) groups excluding carboxylic acids is 1. The van der Waals surface area contributed by atoms with Crippen LogP contribution < -0.4 is 5.32 Å². The van der Waals surface area contributed by atoms with Crippen LogP contribution in [0.5, 0.6) is 0 Å². The summed E-state index contributed by atoms with van der Waals surface area (Å²) in [5.41, 5.74) is 2.95. The Kier molecular flexibility index (Phi) is 3.32. The molecule has 2 heterocycles. The number of amides is 1. The first-order chi connectivity index (χ1) is 9.24. The number of hydrogen-bond donors (Lipinski definition) is 2. The maximum absolute atomic E-state index is 12.3. The molecule has 0 unspecified atom stereocenters. The van der Waals surface area contributed by atoms with E-state index < -0.39 is 0 Å². The van der Waals surface area contributed by atoms with Crippen molar-refractivity contribution in [3.05, 3.63) is 29.7 Å². The minimum Gasteiger partial charge on any atom is -0.374 e. The zero-order valence-corrected chi connectivity index (χ0v) is 11.4. The third-order valence-electron chi connectivity index (χ3n) is 4.15. The zero-order valence-electron chi connectivity index (χ0n) is 11.4. The van der Waals surface area contributed by atoms with Gasteiger partial charge in [-0.05, 0) is 24.8 Å². The number of H-pyrrole nitrogens is 1. The second kappa shape index (κ2) is 5.11. The van der Waals surface area contributed by atoms with Crippen LogP contribution in [0.1, 0.15) is 36.9 Å². The lowest BCUT2D eigenvalue weighted by Gasteiger charge is -2.23. The highest BCUT2D eigenvalue weighted by molar-refractivity contribution is 6.20. The Morgan fingerprint density at radius 2 is 2.26 bits per heavy atom. The van der Waals surface area contributed by atoms with Gasteiger partial charge in [-0.1, -0.05) is 12.8 Å². The molecule has 1 aliphatic carbocycles. The first kappa shape index (κ1) is 12.3.